The zero-order valence-corrected chi connectivity index (χ0v) is 21.0. The number of hydrazine groups is 1. The average molecular weight is 537 g/mol. The fourth-order valence-corrected chi connectivity index (χ4v) is 4.15. The van der Waals surface area contributed by atoms with Gasteiger partial charge in [-0.1, -0.05) is 36.4 Å². The number of benzene rings is 3. The van der Waals surface area contributed by atoms with Crippen molar-refractivity contribution in [2.75, 3.05) is 24.8 Å². The first-order valence-corrected chi connectivity index (χ1v) is 12.0. The number of para-hydroxylation sites is 2. The van der Waals surface area contributed by atoms with Crippen molar-refractivity contribution in [3.8, 4) is 17.2 Å². The van der Waals surface area contributed by atoms with E-state index < -0.39 is 11.8 Å². The molecule has 3 aromatic carbocycles. The Bertz CT molecular complexity index is 1260. The Morgan fingerprint density at radius 2 is 1.63 bits per heavy atom. The van der Waals surface area contributed by atoms with Crippen LogP contribution < -0.4 is 24.6 Å². The average Bonchev–Trinajstić information content (AvgIpc) is 3.13. The smallest absolute Gasteiger partial charge is 0.282 e. The number of nitrogens with zero attached hydrogens (tertiary/aromatic N) is 1. The summed E-state index contributed by atoms with van der Waals surface area (Å²) < 4.78 is 18.2. The molecular formula is C27H25BrN2O5. The van der Waals surface area contributed by atoms with E-state index in [1.54, 1.807) is 42.5 Å². The van der Waals surface area contributed by atoms with Crippen LogP contribution >= 0.6 is 15.9 Å². The van der Waals surface area contributed by atoms with E-state index in [4.69, 9.17) is 14.2 Å². The number of hydrogen-bond donors (Lipinski definition) is 1. The minimum atomic E-state index is -0.471. The van der Waals surface area contributed by atoms with Gasteiger partial charge in [-0.15, -0.1) is 0 Å². The Balaban J connectivity index is 1.50. The molecule has 0 unspecified atom stereocenters. The SMILES string of the molecule is CCOc1cc(C=C2C(=O)NN(c3ccccc3)C2=O)cc(Br)c1OCCOc1ccccc1C. The normalized spacial score (nSPS) is 14.3. The van der Waals surface area contributed by atoms with Gasteiger partial charge in [-0.05, 0) is 77.3 Å². The summed E-state index contributed by atoms with van der Waals surface area (Å²) in [5.74, 6) is 0.933. The molecule has 1 aliphatic rings. The minimum absolute atomic E-state index is 0.0310. The number of amides is 2. The van der Waals surface area contributed by atoms with Crippen molar-refractivity contribution in [1.29, 1.82) is 0 Å². The van der Waals surface area contributed by atoms with Crippen molar-refractivity contribution >= 4 is 39.5 Å². The van der Waals surface area contributed by atoms with Crippen LogP contribution in [0.1, 0.15) is 18.1 Å². The van der Waals surface area contributed by atoms with Gasteiger partial charge >= 0.3 is 0 Å². The quantitative estimate of drug-likeness (QED) is 0.234. The zero-order valence-electron chi connectivity index (χ0n) is 19.4. The van der Waals surface area contributed by atoms with Crippen molar-refractivity contribution < 1.29 is 23.8 Å². The summed E-state index contributed by atoms with van der Waals surface area (Å²) in [6.07, 6.45) is 1.54. The van der Waals surface area contributed by atoms with E-state index in [1.807, 2.05) is 44.2 Å². The van der Waals surface area contributed by atoms with E-state index in [-0.39, 0.29) is 5.57 Å². The summed E-state index contributed by atoms with van der Waals surface area (Å²) in [4.78, 5) is 25.4. The monoisotopic (exact) mass is 536 g/mol. The van der Waals surface area contributed by atoms with Crippen LogP contribution in [-0.4, -0.2) is 31.6 Å². The molecular weight excluding hydrogens is 512 g/mol. The Morgan fingerprint density at radius 1 is 0.914 bits per heavy atom. The second kappa shape index (κ2) is 11.1. The van der Waals surface area contributed by atoms with Crippen molar-refractivity contribution in [3.63, 3.8) is 0 Å². The summed E-state index contributed by atoms with van der Waals surface area (Å²) in [5.41, 5.74) is 4.89. The summed E-state index contributed by atoms with van der Waals surface area (Å²) in [5, 5.41) is 1.23. The molecule has 7 nitrogen and oxygen atoms in total. The number of rotatable bonds is 9. The summed E-state index contributed by atoms with van der Waals surface area (Å²) in [7, 11) is 0. The maximum absolute atomic E-state index is 12.9. The molecule has 0 bridgehead atoms. The van der Waals surface area contributed by atoms with Gasteiger partial charge in [0.25, 0.3) is 11.8 Å². The van der Waals surface area contributed by atoms with Crippen LogP contribution in [0.25, 0.3) is 6.08 Å². The molecule has 0 atom stereocenters. The van der Waals surface area contributed by atoms with E-state index in [2.05, 4.69) is 21.4 Å². The zero-order chi connectivity index (χ0) is 24.8. The molecule has 8 heteroatoms. The number of halogens is 1. The molecule has 1 aliphatic heterocycles. The molecule has 0 aliphatic carbocycles. The number of nitrogens with one attached hydrogen (secondary N) is 1. The molecule has 35 heavy (non-hydrogen) atoms. The van der Waals surface area contributed by atoms with Crippen molar-refractivity contribution in [1.82, 2.24) is 5.43 Å². The Labute approximate surface area is 212 Å². The maximum Gasteiger partial charge on any atom is 0.282 e. The third kappa shape index (κ3) is 5.66. The molecule has 3 aromatic rings. The first-order valence-electron chi connectivity index (χ1n) is 11.2. The maximum atomic E-state index is 12.9. The Morgan fingerprint density at radius 3 is 2.37 bits per heavy atom. The highest BCUT2D eigenvalue weighted by Gasteiger charge is 2.34. The molecule has 4 rings (SSSR count). The molecule has 0 spiro atoms. The minimum Gasteiger partial charge on any atom is -0.490 e. The van der Waals surface area contributed by atoms with Gasteiger partial charge in [0.1, 0.15) is 24.5 Å². The van der Waals surface area contributed by atoms with Gasteiger partial charge in [-0.2, -0.15) is 0 Å². The van der Waals surface area contributed by atoms with Crippen LogP contribution in [0.3, 0.4) is 0 Å². The van der Waals surface area contributed by atoms with Crippen molar-refractivity contribution in [3.05, 3.63) is 87.9 Å². The third-order valence-corrected chi connectivity index (χ3v) is 5.82. The lowest BCUT2D eigenvalue weighted by Gasteiger charge is -2.15. The Hall–Kier alpha value is -3.78. The van der Waals surface area contributed by atoms with Gasteiger partial charge in [0.05, 0.1) is 16.8 Å². The molecule has 0 saturated carbocycles. The highest BCUT2D eigenvalue weighted by molar-refractivity contribution is 9.10. The van der Waals surface area contributed by atoms with Gasteiger partial charge in [-0.3, -0.25) is 15.0 Å². The van der Waals surface area contributed by atoms with Crippen molar-refractivity contribution in [2.24, 2.45) is 0 Å². The fraction of sp³-hybridized carbons (Fsp3) is 0.185. The number of ether oxygens (including phenoxy) is 3. The van der Waals surface area contributed by atoms with Gasteiger partial charge in [0.15, 0.2) is 11.5 Å². The summed E-state index contributed by atoms with van der Waals surface area (Å²) in [6.45, 7) is 4.94. The van der Waals surface area contributed by atoms with Crippen LogP contribution in [0, 0.1) is 6.92 Å². The number of hydrogen-bond acceptors (Lipinski definition) is 5. The lowest BCUT2D eigenvalue weighted by Crippen LogP contribution is -2.35. The molecule has 0 radical (unpaired) electrons. The first-order chi connectivity index (χ1) is 17.0. The molecule has 0 aromatic heterocycles. The largest absolute Gasteiger partial charge is 0.490 e. The van der Waals surface area contributed by atoms with E-state index in [0.29, 0.717) is 47.0 Å². The number of carbonyl (C=O) groups is 2. The predicted octanol–water partition coefficient (Wildman–Crippen LogP) is 5.08. The summed E-state index contributed by atoms with van der Waals surface area (Å²) in [6, 6.07) is 20.2. The highest BCUT2D eigenvalue weighted by Crippen LogP contribution is 2.38. The van der Waals surface area contributed by atoms with Crippen molar-refractivity contribution in [2.45, 2.75) is 13.8 Å². The van der Waals surface area contributed by atoms with Crippen LogP contribution in [0.2, 0.25) is 0 Å². The van der Waals surface area contributed by atoms with Gasteiger partial charge in [0.2, 0.25) is 0 Å². The van der Waals surface area contributed by atoms with E-state index in [1.165, 1.54) is 5.01 Å². The fourth-order valence-electron chi connectivity index (χ4n) is 3.57. The lowest BCUT2D eigenvalue weighted by molar-refractivity contribution is -0.117. The second-order valence-corrected chi connectivity index (χ2v) is 8.55. The number of carbonyl (C=O) groups excluding carboxylic acids is 2. The number of aryl methyl sites for hydroxylation is 1. The molecule has 180 valence electrons. The van der Waals surface area contributed by atoms with Gasteiger partial charge in [-0.25, -0.2) is 5.01 Å². The van der Waals surface area contributed by atoms with E-state index in [0.717, 1.165) is 11.3 Å². The van der Waals surface area contributed by atoms with E-state index >= 15 is 0 Å². The molecule has 2 amide bonds. The predicted molar refractivity (Wildman–Crippen MR) is 138 cm³/mol. The molecule has 1 saturated heterocycles. The summed E-state index contributed by atoms with van der Waals surface area (Å²) >= 11 is 3.53. The molecule has 1 fully saturated rings. The second-order valence-electron chi connectivity index (χ2n) is 7.70. The van der Waals surface area contributed by atoms with Crippen LogP contribution in [0.5, 0.6) is 17.2 Å². The van der Waals surface area contributed by atoms with Crippen LogP contribution in [0.15, 0.2) is 76.8 Å². The Kier molecular flexibility index (Phi) is 7.72. The lowest BCUT2D eigenvalue weighted by atomic mass is 10.1. The van der Waals surface area contributed by atoms with Gasteiger partial charge < -0.3 is 14.2 Å². The first kappa shape index (κ1) is 24.3. The van der Waals surface area contributed by atoms with Crippen LogP contribution in [0.4, 0.5) is 5.69 Å². The highest BCUT2D eigenvalue weighted by atomic mass is 79.9. The van der Waals surface area contributed by atoms with Crippen LogP contribution in [-0.2, 0) is 9.59 Å². The molecule has 1 heterocycles. The standard InChI is InChI=1S/C27H25BrN2O5/c1-3-33-24-17-19(15-21-26(31)29-30(27(21)32)20-10-5-4-6-11-20)16-22(28)25(24)35-14-13-34-23-12-8-7-9-18(23)2/h4-12,15-17H,3,13-14H2,1-2H3,(H,29,31). The third-order valence-electron chi connectivity index (χ3n) is 5.23. The van der Waals surface area contributed by atoms with Gasteiger partial charge in [0, 0.05) is 0 Å². The topological polar surface area (TPSA) is 77.1 Å². The van der Waals surface area contributed by atoms with E-state index in [9.17, 15) is 9.59 Å². The molecule has 1 N–H and O–H groups in total. The number of anilines is 1.